The number of nitrogens with zero attached hydrogens (tertiary/aromatic N) is 3. The summed E-state index contributed by atoms with van der Waals surface area (Å²) in [6, 6.07) is 1.76. The van der Waals surface area contributed by atoms with Crippen molar-refractivity contribution in [3.8, 4) is 11.8 Å². The van der Waals surface area contributed by atoms with E-state index in [0.29, 0.717) is 11.7 Å². The molecule has 0 saturated heterocycles. The number of aromatic nitrogens is 3. The summed E-state index contributed by atoms with van der Waals surface area (Å²) in [5.74, 6) is 5.41. The number of nitrogens with one attached hydrogen (secondary N) is 1. The summed E-state index contributed by atoms with van der Waals surface area (Å²) in [5, 5.41) is 7.15. The SMILES string of the molecule is NCC#Cc1cnc(NC(=O)Cn2cccn2)s1. The molecule has 0 aliphatic rings. The molecule has 0 atom stereocenters. The number of hydrogen-bond acceptors (Lipinski definition) is 5. The van der Waals surface area contributed by atoms with E-state index in [1.165, 1.54) is 16.0 Å². The molecule has 1 amide bonds. The van der Waals surface area contributed by atoms with Crippen LogP contribution in [0.1, 0.15) is 4.88 Å². The second-order valence-corrected chi connectivity index (χ2v) is 4.32. The van der Waals surface area contributed by atoms with E-state index < -0.39 is 0 Å². The molecule has 18 heavy (non-hydrogen) atoms. The van der Waals surface area contributed by atoms with Gasteiger partial charge in [0.25, 0.3) is 0 Å². The number of carbonyl (C=O) groups excluding carboxylic acids is 1. The number of carbonyl (C=O) groups is 1. The molecule has 6 nitrogen and oxygen atoms in total. The topological polar surface area (TPSA) is 85.8 Å². The Balaban J connectivity index is 1.93. The fourth-order valence-electron chi connectivity index (χ4n) is 1.23. The van der Waals surface area contributed by atoms with Crippen molar-refractivity contribution in [2.24, 2.45) is 5.73 Å². The maximum absolute atomic E-state index is 11.6. The first-order valence-corrected chi connectivity index (χ1v) is 6.01. The Morgan fingerprint density at radius 3 is 3.22 bits per heavy atom. The van der Waals surface area contributed by atoms with E-state index in [0.717, 1.165) is 4.88 Å². The highest BCUT2D eigenvalue weighted by Gasteiger charge is 2.06. The van der Waals surface area contributed by atoms with Gasteiger partial charge in [-0.15, -0.1) is 0 Å². The molecule has 0 unspecified atom stereocenters. The summed E-state index contributed by atoms with van der Waals surface area (Å²) >= 11 is 1.31. The molecule has 0 spiro atoms. The predicted molar refractivity (Wildman–Crippen MR) is 68.9 cm³/mol. The average Bonchev–Trinajstić information content (AvgIpc) is 2.98. The van der Waals surface area contributed by atoms with Crippen LogP contribution in [0.3, 0.4) is 0 Å². The molecule has 0 aliphatic carbocycles. The van der Waals surface area contributed by atoms with Gasteiger partial charge in [0.2, 0.25) is 5.91 Å². The normalized spacial score (nSPS) is 9.61. The minimum Gasteiger partial charge on any atom is -0.320 e. The zero-order valence-electron chi connectivity index (χ0n) is 9.46. The molecular weight excluding hydrogens is 250 g/mol. The highest BCUT2D eigenvalue weighted by atomic mass is 32.1. The summed E-state index contributed by atoms with van der Waals surface area (Å²) in [4.78, 5) is 16.5. The molecule has 0 saturated carbocycles. The zero-order valence-corrected chi connectivity index (χ0v) is 10.3. The van der Waals surface area contributed by atoms with E-state index in [-0.39, 0.29) is 12.5 Å². The van der Waals surface area contributed by atoms with E-state index in [9.17, 15) is 4.79 Å². The molecule has 2 rings (SSSR count). The highest BCUT2D eigenvalue weighted by Crippen LogP contribution is 2.16. The van der Waals surface area contributed by atoms with Gasteiger partial charge in [0, 0.05) is 12.4 Å². The third kappa shape index (κ3) is 3.41. The number of nitrogens with two attached hydrogens (primary N) is 1. The Morgan fingerprint density at radius 1 is 1.61 bits per heavy atom. The molecule has 0 aromatic carbocycles. The maximum Gasteiger partial charge on any atom is 0.247 e. The van der Waals surface area contributed by atoms with Gasteiger partial charge in [-0.25, -0.2) is 4.98 Å². The van der Waals surface area contributed by atoms with Crippen molar-refractivity contribution in [1.29, 1.82) is 0 Å². The second-order valence-electron chi connectivity index (χ2n) is 3.29. The van der Waals surface area contributed by atoms with Crippen LogP contribution in [0.4, 0.5) is 5.13 Å². The van der Waals surface area contributed by atoms with Crippen LogP contribution in [0.5, 0.6) is 0 Å². The third-order valence-corrected chi connectivity index (χ3v) is 2.76. The maximum atomic E-state index is 11.6. The second kappa shape index (κ2) is 5.95. The molecule has 3 N–H and O–H groups in total. The Hall–Kier alpha value is -2.17. The number of hydrogen-bond donors (Lipinski definition) is 2. The predicted octanol–water partition coefficient (Wildman–Crippen LogP) is 0.288. The van der Waals surface area contributed by atoms with E-state index in [4.69, 9.17) is 5.73 Å². The van der Waals surface area contributed by atoms with Crippen molar-refractivity contribution in [3.63, 3.8) is 0 Å². The van der Waals surface area contributed by atoms with Gasteiger partial charge in [-0.3, -0.25) is 9.48 Å². The molecule has 92 valence electrons. The van der Waals surface area contributed by atoms with Crippen LogP contribution in [0.25, 0.3) is 0 Å². The van der Waals surface area contributed by atoms with Crippen molar-refractivity contribution in [2.45, 2.75) is 6.54 Å². The van der Waals surface area contributed by atoms with E-state index in [2.05, 4.69) is 27.2 Å². The van der Waals surface area contributed by atoms with Crippen molar-refractivity contribution >= 4 is 22.4 Å². The molecule has 0 aliphatic heterocycles. The molecule has 2 heterocycles. The van der Waals surface area contributed by atoms with Gasteiger partial charge in [0.15, 0.2) is 5.13 Å². The molecule has 0 bridgehead atoms. The Kier molecular flexibility index (Phi) is 4.06. The lowest BCUT2D eigenvalue weighted by molar-refractivity contribution is -0.116. The van der Waals surface area contributed by atoms with Crippen LogP contribution in [-0.4, -0.2) is 27.2 Å². The lowest BCUT2D eigenvalue weighted by atomic mass is 10.5. The molecule has 2 aromatic rings. The van der Waals surface area contributed by atoms with Crippen LogP contribution < -0.4 is 11.1 Å². The van der Waals surface area contributed by atoms with Crippen LogP contribution in [0.15, 0.2) is 24.7 Å². The zero-order chi connectivity index (χ0) is 12.8. The van der Waals surface area contributed by atoms with Gasteiger partial charge in [-0.2, -0.15) is 5.10 Å². The van der Waals surface area contributed by atoms with Crippen LogP contribution >= 0.6 is 11.3 Å². The fraction of sp³-hybridized carbons (Fsp3) is 0.182. The number of rotatable bonds is 3. The minimum absolute atomic E-state index is 0.163. The van der Waals surface area contributed by atoms with Gasteiger partial charge >= 0.3 is 0 Å². The lowest BCUT2D eigenvalue weighted by Gasteiger charge is -2.00. The summed E-state index contributed by atoms with van der Waals surface area (Å²) < 4.78 is 1.54. The summed E-state index contributed by atoms with van der Waals surface area (Å²) in [6.07, 6.45) is 4.95. The van der Waals surface area contributed by atoms with Gasteiger partial charge in [-0.05, 0) is 6.07 Å². The van der Waals surface area contributed by atoms with Gasteiger partial charge in [0.05, 0.1) is 17.6 Å². The third-order valence-electron chi connectivity index (χ3n) is 1.93. The smallest absolute Gasteiger partial charge is 0.247 e. The summed E-state index contributed by atoms with van der Waals surface area (Å²) in [5.41, 5.74) is 5.27. The first-order chi connectivity index (χ1) is 8.78. The molecule has 7 heteroatoms. The Morgan fingerprint density at radius 2 is 2.50 bits per heavy atom. The first-order valence-electron chi connectivity index (χ1n) is 5.20. The van der Waals surface area contributed by atoms with Crippen LogP contribution in [0.2, 0.25) is 0 Å². The fourth-order valence-corrected chi connectivity index (χ4v) is 1.93. The standard InChI is InChI=1S/C11H11N5OS/c12-4-1-3-9-7-13-11(18-9)15-10(17)8-16-6-2-5-14-16/h2,5-7H,4,8,12H2,(H,13,15,17). The van der Waals surface area contributed by atoms with Crippen molar-refractivity contribution in [2.75, 3.05) is 11.9 Å². The van der Waals surface area contributed by atoms with Crippen molar-refractivity contribution in [3.05, 3.63) is 29.5 Å². The molecule has 0 radical (unpaired) electrons. The molecule has 0 fully saturated rings. The average molecular weight is 261 g/mol. The Labute approximate surface area is 108 Å². The van der Waals surface area contributed by atoms with Crippen molar-refractivity contribution < 1.29 is 4.79 Å². The quantitative estimate of drug-likeness (QED) is 0.777. The van der Waals surface area contributed by atoms with Crippen molar-refractivity contribution in [1.82, 2.24) is 14.8 Å². The largest absolute Gasteiger partial charge is 0.320 e. The van der Waals surface area contributed by atoms with Gasteiger partial charge < -0.3 is 11.1 Å². The molecule has 2 aromatic heterocycles. The van der Waals surface area contributed by atoms with Crippen LogP contribution in [-0.2, 0) is 11.3 Å². The van der Waals surface area contributed by atoms with E-state index >= 15 is 0 Å². The molecular formula is C11H11N5OS. The number of thiazole rings is 1. The minimum atomic E-state index is -0.175. The summed E-state index contributed by atoms with van der Waals surface area (Å²) in [7, 11) is 0. The highest BCUT2D eigenvalue weighted by molar-refractivity contribution is 7.16. The lowest BCUT2D eigenvalue weighted by Crippen LogP contribution is -2.18. The Bertz CT molecular complexity index is 578. The van der Waals surface area contributed by atoms with Gasteiger partial charge in [-0.1, -0.05) is 23.2 Å². The first kappa shape index (κ1) is 12.3. The number of amides is 1. The van der Waals surface area contributed by atoms with Gasteiger partial charge in [0.1, 0.15) is 6.54 Å². The monoisotopic (exact) mass is 261 g/mol. The van der Waals surface area contributed by atoms with E-state index in [1.807, 2.05) is 0 Å². The van der Waals surface area contributed by atoms with E-state index in [1.54, 1.807) is 24.7 Å². The summed E-state index contributed by atoms with van der Waals surface area (Å²) in [6.45, 7) is 0.468. The number of anilines is 1. The van der Waals surface area contributed by atoms with Crippen LogP contribution in [0, 0.1) is 11.8 Å².